The molecule has 3 aromatic carbocycles. The minimum Gasteiger partial charge on any atom is -0.456 e. The van der Waals surface area contributed by atoms with Crippen LogP contribution in [0.2, 0.25) is 0 Å². The van der Waals surface area contributed by atoms with Crippen LogP contribution in [-0.4, -0.2) is 82.8 Å². The molecule has 4 amide bonds. The first-order chi connectivity index (χ1) is 29.3. The van der Waals surface area contributed by atoms with Gasteiger partial charge >= 0.3 is 0 Å². The Morgan fingerprint density at radius 1 is 0.613 bits per heavy atom. The molecule has 0 radical (unpaired) electrons. The largest absolute Gasteiger partial charge is 0.456 e. The number of fused-ring (bicyclic) bond motifs is 2. The zero-order chi connectivity index (χ0) is 44.7. The van der Waals surface area contributed by atoms with Crippen molar-refractivity contribution in [3.05, 3.63) is 83.9 Å². The summed E-state index contributed by atoms with van der Waals surface area (Å²) in [7, 11) is 0. The summed E-state index contributed by atoms with van der Waals surface area (Å²) in [6.07, 6.45) is 4.57. The number of nitrogens with two attached hydrogens (primary N) is 2. The van der Waals surface area contributed by atoms with Crippen molar-refractivity contribution in [1.29, 1.82) is 0 Å². The highest BCUT2D eigenvalue weighted by Crippen LogP contribution is 2.41. The molecule has 2 aromatic heterocycles. The quantitative estimate of drug-likeness (QED) is 0.101. The van der Waals surface area contributed by atoms with E-state index in [0.29, 0.717) is 25.9 Å². The number of hydrogen-bond acceptors (Lipinski definition) is 8. The first-order valence-corrected chi connectivity index (χ1v) is 22.2. The minimum absolute atomic E-state index is 0.0853. The monoisotopic (exact) mass is 844 g/mol. The minimum atomic E-state index is -0.728. The predicted molar refractivity (Wildman–Crippen MR) is 244 cm³/mol. The zero-order valence-corrected chi connectivity index (χ0v) is 37.5. The third kappa shape index (κ3) is 9.17. The van der Waals surface area contributed by atoms with Crippen molar-refractivity contribution in [1.82, 2.24) is 20.4 Å². The lowest BCUT2D eigenvalue weighted by atomic mass is 9.85. The third-order valence-electron chi connectivity index (χ3n) is 12.6. The van der Waals surface area contributed by atoms with Gasteiger partial charge in [0.2, 0.25) is 23.6 Å². The van der Waals surface area contributed by atoms with Gasteiger partial charge in [-0.05, 0) is 75.3 Å². The molecule has 6 atom stereocenters. The summed E-state index contributed by atoms with van der Waals surface area (Å²) in [5.41, 5.74) is 16.2. The van der Waals surface area contributed by atoms with Crippen LogP contribution in [0.1, 0.15) is 92.2 Å². The first kappa shape index (κ1) is 44.6. The first-order valence-electron chi connectivity index (χ1n) is 22.2. The van der Waals surface area contributed by atoms with E-state index in [1.165, 1.54) is 0 Å². The molecule has 12 nitrogen and oxygen atoms in total. The Kier molecular flexibility index (Phi) is 12.7. The molecule has 4 heterocycles. The number of likely N-dealkylation sites (tertiary alicyclic amines) is 2. The van der Waals surface area contributed by atoms with Gasteiger partial charge in [0, 0.05) is 58.2 Å². The lowest BCUT2D eigenvalue weighted by molar-refractivity contribution is -0.140. The van der Waals surface area contributed by atoms with Gasteiger partial charge in [0.15, 0.2) is 0 Å². The molecule has 2 fully saturated rings. The molecule has 2 saturated heterocycles. The molecular weight excluding hydrogens is 781 g/mol. The van der Waals surface area contributed by atoms with Crippen LogP contribution in [0.4, 0.5) is 0 Å². The number of amides is 4. The number of para-hydroxylation sites is 2. The molecule has 12 heteroatoms. The van der Waals surface area contributed by atoms with Gasteiger partial charge in [-0.3, -0.25) is 19.2 Å². The highest BCUT2D eigenvalue weighted by Gasteiger charge is 2.42. The number of carbonyl (C=O) groups excluding carboxylic acids is 4. The lowest BCUT2D eigenvalue weighted by Crippen LogP contribution is -2.58. The number of carbonyl (C=O) groups is 4. The van der Waals surface area contributed by atoms with Crippen molar-refractivity contribution in [2.75, 3.05) is 13.1 Å². The van der Waals surface area contributed by atoms with E-state index in [-0.39, 0.29) is 35.7 Å². The lowest BCUT2D eigenvalue weighted by Gasteiger charge is -2.36. The maximum absolute atomic E-state index is 14.3. The fraction of sp³-hybridized carbons (Fsp3) is 0.480. The van der Waals surface area contributed by atoms with E-state index >= 15 is 0 Å². The number of nitrogens with zero attached hydrogens (tertiary/aromatic N) is 2. The van der Waals surface area contributed by atoms with Crippen LogP contribution in [0.15, 0.2) is 81.6 Å². The number of nitrogens with one attached hydrogen (secondary N) is 2. The van der Waals surface area contributed by atoms with Crippen molar-refractivity contribution in [2.24, 2.45) is 22.3 Å². The molecule has 7 rings (SSSR count). The Balaban J connectivity index is 1.18. The van der Waals surface area contributed by atoms with Gasteiger partial charge in [0.1, 0.15) is 34.8 Å². The van der Waals surface area contributed by atoms with Gasteiger partial charge in [-0.25, -0.2) is 0 Å². The maximum atomic E-state index is 14.3. The SMILES string of the molecule is C[C@H](N)C(=O)N[C@H](C(=O)N1CCC[C@@H]1Cc1c(-c2ccc(-c3oc4ccccc4c3C[C@@H]3CCCN3C(=O)[C@@H](NC(=O)[C@H](C)N)C(C)(C)C)cc2)oc2ccccc12)C(C)(C)C. The number of furan rings is 2. The Labute approximate surface area is 365 Å². The van der Waals surface area contributed by atoms with Gasteiger partial charge < -0.3 is 40.7 Å². The third-order valence-corrected chi connectivity index (χ3v) is 12.6. The van der Waals surface area contributed by atoms with Gasteiger partial charge in [-0.1, -0.05) is 102 Å². The van der Waals surface area contributed by atoms with Crippen molar-refractivity contribution < 1.29 is 28.0 Å². The summed E-state index contributed by atoms with van der Waals surface area (Å²) in [6, 6.07) is 21.2. The normalized spacial score (nSPS) is 19.1. The van der Waals surface area contributed by atoms with Crippen LogP contribution in [-0.2, 0) is 32.0 Å². The highest BCUT2D eigenvalue weighted by atomic mass is 16.3. The summed E-state index contributed by atoms with van der Waals surface area (Å²) in [4.78, 5) is 57.9. The standard InChI is InChI=1S/C50H64N6O6/c1-29(51)45(57)53-43(49(3,4)5)47(59)55-25-13-15-33(55)27-37-35-17-9-11-19-39(35)61-41(37)31-21-23-32(24-22-31)42-38(36-18-10-12-20-40(36)62-42)28-34-16-14-26-56(34)48(60)44(50(6,7)8)54-46(58)30(2)52/h9-12,17-24,29-30,33-34,43-44H,13-16,25-28,51-52H2,1-8H3,(H,53,57)(H,54,58)/t29-,30-,33-,34+,43+,44+/m0/s1. The fourth-order valence-corrected chi connectivity index (χ4v) is 9.17. The second-order valence-corrected chi connectivity index (χ2v) is 19.6. The van der Waals surface area contributed by atoms with Crippen LogP contribution < -0.4 is 22.1 Å². The van der Waals surface area contributed by atoms with Gasteiger partial charge in [0.05, 0.1) is 12.1 Å². The van der Waals surface area contributed by atoms with E-state index < -0.39 is 35.0 Å². The summed E-state index contributed by atoms with van der Waals surface area (Å²) in [5, 5.41) is 7.89. The molecule has 330 valence electrons. The zero-order valence-electron chi connectivity index (χ0n) is 37.5. The van der Waals surface area contributed by atoms with E-state index in [2.05, 4.69) is 47.0 Å². The summed E-state index contributed by atoms with van der Waals surface area (Å²) in [6.45, 7) is 16.2. The Bertz CT molecular complexity index is 2260. The van der Waals surface area contributed by atoms with E-state index in [1.807, 2.05) is 87.7 Å². The molecular formula is C50H64N6O6. The Hall–Kier alpha value is -5.46. The molecule has 2 aliphatic heterocycles. The van der Waals surface area contributed by atoms with E-state index in [0.717, 1.165) is 81.4 Å². The van der Waals surface area contributed by atoms with Crippen molar-refractivity contribution >= 4 is 45.6 Å². The van der Waals surface area contributed by atoms with Crippen LogP contribution in [0.5, 0.6) is 0 Å². The molecule has 0 bridgehead atoms. The summed E-state index contributed by atoms with van der Waals surface area (Å²) >= 11 is 0. The van der Waals surface area contributed by atoms with Crippen LogP contribution >= 0.6 is 0 Å². The smallest absolute Gasteiger partial charge is 0.245 e. The maximum Gasteiger partial charge on any atom is 0.245 e. The molecule has 5 aromatic rings. The van der Waals surface area contributed by atoms with Gasteiger partial charge in [0.25, 0.3) is 0 Å². The number of rotatable bonds is 12. The van der Waals surface area contributed by atoms with Crippen LogP contribution in [0.3, 0.4) is 0 Å². The molecule has 62 heavy (non-hydrogen) atoms. The molecule has 2 aliphatic rings. The predicted octanol–water partition coefficient (Wildman–Crippen LogP) is 7.34. The van der Waals surface area contributed by atoms with Crippen molar-refractivity contribution in [2.45, 2.75) is 130 Å². The van der Waals surface area contributed by atoms with Gasteiger partial charge in [-0.15, -0.1) is 0 Å². The van der Waals surface area contributed by atoms with Crippen LogP contribution in [0.25, 0.3) is 44.6 Å². The second-order valence-electron chi connectivity index (χ2n) is 19.6. The summed E-state index contributed by atoms with van der Waals surface area (Å²) in [5.74, 6) is 0.622. The Morgan fingerprint density at radius 2 is 0.968 bits per heavy atom. The van der Waals surface area contributed by atoms with Crippen molar-refractivity contribution in [3.63, 3.8) is 0 Å². The number of benzene rings is 3. The topological polar surface area (TPSA) is 177 Å². The van der Waals surface area contributed by atoms with E-state index in [9.17, 15) is 19.2 Å². The fourth-order valence-electron chi connectivity index (χ4n) is 9.17. The van der Waals surface area contributed by atoms with Crippen LogP contribution in [0, 0.1) is 10.8 Å². The van der Waals surface area contributed by atoms with E-state index in [4.69, 9.17) is 20.3 Å². The average molecular weight is 845 g/mol. The molecule has 0 spiro atoms. The molecule has 0 unspecified atom stereocenters. The van der Waals surface area contributed by atoms with Gasteiger partial charge in [-0.2, -0.15) is 0 Å². The average Bonchev–Trinajstić information content (AvgIpc) is 4.04. The molecule has 0 aliphatic carbocycles. The van der Waals surface area contributed by atoms with Crippen molar-refractivity contribution in [3.8, 4) is 22.6 Å². The second kappa shape index (κ2) is 17.7. The summed E-state index contributed by atoms with van der Waals surface area (Å²) < 4.78 is 13.2. The highest BCUT2D eigenvalue weighted by molar-refractivity contribution is 5.93. The molecule has 6 N–H and O–H groups in total. The van der Waals surface area contributed by atoms with E-state index in [1.54, 1.807) is 13.8 Å². The number of hydrogen-bond donors (Lipinski definition) is 4. The Morgan fingerprint density at radius 3 is 1.31 bits per heavy atom. The molecule has 0 saturated carbocycles.